The van der Waals surface area contributed by atoms with Crippen LogP contribution in [0.1, 0.15) is 50.6 Å². The highest BCUT2D eigenvalue weighted by atomic mass is 16.5. The molecule has 0 aliphatic rings. The number of carbonyl (C=O) groups excluding carboxylic acids is 2. The second-order valence-electron chi connectivity index (χ2n) is 7.50. The maximum atomic E-state index is 12.8. The minimum atomic E-state index is -0.563. The number of aryl methyl sites for hydroxylation is 1. The Labute approximate surface area is 180 Å². The van der Waals surface area contributed by atoms with Gasteiger partial charge in [-0.1, -0.05) is 30.3 Å². The van der Waals surface area contributed by atoms with Crippen molar-refractivity contribution >= 4 is 22.8 Å². The van der Waals surface area contributed by atoms with E-state index in [9.17, 15) is 9.59 Å². The van der Waals surface area contributed by atoms with Gasteiger partial charge >= 0.3 is 5.97 Å². The lowest BCUT2D eigenvalue weighted by Crippen LogP contribution is -2.16. The number of fused-ring (bicyclic) bond motifs is 1. The lowest BCUT2D eigenvalue weighted by atomic mass is 10.1. The molecule has 4 rings (SSSR count). The largest absolute Gasteiger partial charge is 0.454 e. The van der Waals surface area contributed by atoms with Gasteiger partial charge in [0.05, 0.1) is 22.6 Å². The molecule has 0 unspecified atom stereocenters. The molecule has 2 heterocycles. The van der Waals surface area contributed by atoms with E-state index < -0.39 is 5.97 Å². The van der Waals surface area contributed by atoms with Crippen molar-refractivity contribution in [1.82, 2.24) is 14.5 Å². The van der Waals surface area contributed by atoms with Gasteiger partial charge in [-0.15, -0.1) is 0 Å². The van der Waals surface area contributed by atoms with E-state index in [0.29, 0.717) is 22.2 Å². The molecule has 0 fully saturated rings. The Hall–Kier alpha value is -3.80. The van der Waals surface area contributed by atoms with Crippen LogP contribution in [0, 0.1) is 13.8 Å². The van der Waals surface area contributed by atoms with E-state index in [1.54, 1.807) is 30.6 Å². The third kappa shape index (κ3) is 4.10. The fourth-order valence-electron chi connectivity index (χ4n) is 3.92. The molecule has 0 aliphatic carbocycles. The SMILES string of the molecule is Cc1cc(C(=O)COC(=O)c2ccc3nccnc3c2)c(C)n1[C@@H](C)c1ccccc1. The maximum Gasteiger partial charge on any atom is 0.338 e. The monoisotopic (exact) mass is 413 g/mol. The first kappa shape index (κ1) is 20.5. The number of benzene rings is 2. The molecule has 0 saturated heterocycles. The van der Waals surface area contributed by atoms with Crippen molar-refractivity contribution in [2.24, 2.45) is 0 Å². The highest BCUT2D eigenvalue weighted by Gasteiger charge is 2.21. The molecule has 2 aromatic carbocycles. The van der Waals surface area contributed by atoms with Crippen LogP contribution in [-0.2, 0) is 4.74 Å². The van der Waals surface area contributed by atoms with Crippen LogP contribution in [0.25, 0.3) is 11.0 Å². The number of esters is 1. The van der Waals surface area contributed by atoms with Crippen LogP contribution in [0.3, 0.4) is 0 Å². The van der Waals surface area contributed by atoms with Crippen LogP contribution in [-0.4, -0.2) is 32.9 Å². The van der Waals surface area contributed by atoms with E-state index >= 15 is 0 Å². The number of ether oxygens (including phenoxy) is 1. The van der Waals surface area contributed by atoms with Crippen LogP contribution in [0.15, 0.2) is 67.0 Å². The third-order valence-corrected chi connectivity index (χ3v) is 5.49. The molecule has 0 bridgehead atoms. The molecule has 0 aliphatic heterocycles. The van der Waals surface area contributed by atoms with E-state index in [0.717, 1.165) is 17.0 Å². The van der Waals surface area contributed by atoms with E-state index in [-0.39, 0.29) is 18.4 Å². The van der Waals surface area contributed by atoms with E-state index in [1.807, 2.05) is 38.1 Å². The first-order chi connectivity index (χ1) is 15.0. The van der Waals surface area contributed by atoms with Crippen molar-refractivity contribution in [3.8, 4) is 0 Å². The average Bonchev–Trinajstić information content (AvgIpc) is 3.10. The van der Waals surface area contributed by atoms with E-state index in [4.69, 9.17) is 4.74 Å². The fraction of sp³-hybridized carbons (Fsp3) is 0.200. The summed E-state index contributed by atoms with van der Waals surface area (Å²) in [6, 6.07) is 17.0. The van der Waals surface area contributed by atoms with Gasteiger partial charge in [-0.2, -0.15) is 0 Å². The highest BCUT2D eigenvalue weighted by Crippen LogP contribution is 2.26. The van der Waals surface area contributed by atoms with Crippen molar-refractivity contribution in [2.45, 2.75) is 26.8 Å². The average molecular weight is 413 g/mol. The molecule has 1 atom stereocenters. The summed E-state index contributed by atoms with van der Waals surface area (Å²) in [5.41, 5.74) is 5.19. The summed E-state index contributed by atoms with van der Waals surface area (Å²) in [5.74, 6) is -0.791. The van der Waals surface area contributed by atoms with Crippen molar-refractivity contribution in [1.29, 1.82) is 0 Å². The van der Waals surface area contributed by atoms with Gasteiger partial charge in [0.15, 0.2) is 6.61 Å². The molecule has 0 spiro atoms. The molecule has 0 radical (unpaired) electrons. The third-order valence-electron chi connectivity index (χ3n) is 5.49. The quantitative estimate of drug-likeness (QED) is 0.338. The Morgan fingerprint density at radius 2 is 1.68 bits per heavy atom. The van der Waals surface area contributed by atoms with Gasteiger partial charge in [0.25, 0.3) is 0 Å². The van der Waals surface area contributed by atoms with Gasteiger partial charge in [0, 0.05) is 29.3 Å². The zero-order chi connectivity index (χ0) is 22.0. The van der Waals surface area contributed by atoms with Crippen LogP contribution in [0.2, 0.25) is 0 Å². The summed E-state index contributed by atoms with van der Waals surface area (Å²) >= 11 is 0. The first-order valence-electron chi connectivity index (χ1n) is 10.1. The Morgan fingerprint density at radius 3 is 2.42 bits per heavy atom. The molecule has 0 amide bonds. The highest BCUT2D eigenvalue weighted by molar-refractivity contribution is 6.01. The molecule has 156 valence electrons. The zero-order valence-corrected chi connectivity index (χ0v) is 17.7. The molecule has 0 N–H and O–H groups in total. The maximum absolute atomic E-state index is 12.8. The summed E-state index contributed by atoms with van der Waals surface area (Å²) in [4.78, 5) is 33.6. The van der Waals surface area contributed by atoms with E-state index in [1.165, 1.54) is 0 Å². The standard InChI is InChI=1S/C25H23N3O3/c1-16-13-21(18(3)28(16)17(2)19-7-5-4-6-8-19)24(29)15-31-25(30)20-9-10-22-23(14-20)27-12-11-26-22/h4-14,17H,15H2,1-3H3/t17-/m0/s1. The second kappa shape index (κ2) is 8.52. The predicted octanol–water partition coefficient (Wildman–Crippen LogP) is 4.70. The number of aromatic nitrogens is 3. The molecule has 4 aromatic rings. The number of hydrogen-bond donors (Lipinski definition) is 0. The molecular weight excluding hydrogens is 390 g/mol. The minimum absolute atomic E-state index is 0.0870. The first-order valence-corrected chi connectivity index (χ1v) is 10.1. The number of Topliss-reactive ketones (excluding diaryl/α,β-unsaturated/α-hetero) is 1. The number of nitrogens with zero attached hydrogens (tertiary/aromatic N) is 3. The minimum Gasteiger partial charge on any atom is -0.454 e. The second-order valence-corrected chi connectivity index (χ2v) is 7.50. The normalized spacial score (nSPS) is 12.0. The van der Waals surface area contributed by atoms with Gasteiger partial charge in [0.2, 0.25) is 5.78 Å². The van der Waals surface area contributed by atoms with Crippen LogP contribution in [0.4, 0.5) is 0 Å². The lowest BCUT2D eigenvalue weighted by Gasteiger charge is -2.19. The van der Waals surface area contributed by atoms with Crippen molar-refractivity contribution in [3.05, 3.63) is 95.1 Å². The number of ketones is 1. The van der Waals surface area contributed by atoms with Crippen LogP contribution < -0.4 is 0 Å². The van der Waals surface area contributed by atoms with Crippen LogP contribution >= 0.6 is 0 Å². The Kier molecular flexibility index (Phi) is 5.62. The van der Waals surface area contributed by atoms with Crippen molar-refractivity contribution in [2.75, 3.05) is 6.61 Å². The number of hydrogen-bond acceptors (Lipinski definition) is 5. The van der Waals surface area contributed by atoms with Gasteiger partial charge in [-0.25, -0.2) is 4.79 Å². The summed E-state index contributed by atoms with van der Waals surface area (Å²) < 4.78 is 7.43. The summed E-state index contributed by atoms with van der Waals surface area (Å²) in [5, 5.41) is 0. The molecule has 0 saturated carbocycles. The molecule has 2 aromatic heterocycles. The van der Waals surface area contributed by atoms with Gasteiger partial charge in [0.1, 0.15) is 0 Å². The fourth-order valence-corrected chi connectivity index (χ4v) is 3.92. The van der Waals surface area contributed by atoms with Crippen molar-refractivity contribution < 1.29 is 14.3 Å². The van der Waals surface area contributed by atoms with Gasteiger partial charge < -0.3 is 9.30 Å². The predicted molar refractivity (Wildman–Crippen MR) is 118 cm³/mol. The van der Waals surface area contributed by atoms with Gasteiger partial charge in [-0.3, -0.25) is 14.8 Å². The summed E-state index contributed by atoms with van der Waals surface area (Å²) in [7, 11) is 0. The van der Waals surface area contributed by atoms with Crippen molar-refractivity contribution in [3.63, 3.8) is 0 Å². The Morgan fingerprint density at radius 1 is 0.968 bits per heavy atom. The Bertz CT molecular complexity index is 1260. The molecular formula is C25H23N3O3. The molecule has 31 heavy (non-hydrogen) atoms. The number of carbonyl (C=O) groups is 2. The molecule has 6 heteroatoms. The summed E-state index contributed by atoms with van der Waals surface area (Å²) in [6.45, 7) is 5.68. The lowest BCUT2D eigenvalue weighted by molar-refractivity contribution is 0.0474. The molecule has 6 nitrogen and oxygen atoms in total. The van der Waals surface area contributed by atoms with Gasteiger partial charge in [-0.05, 0) is 50.6 Å². The smallest absolute Gasteiger partial charge is 0.338 e. The zero-order valence-electron chi connectivity index (χ0n) is 17.7. The Balaban J connectivity index is 1.49. The van der Waals surface area contributed by atoms with Crippen LogP contribution in [0.5, 0.6) is 0 Å². The topological polar surface area (TPSA) is 74.1 Å². The summed E-state index contributed by atoms with van der Waals surface area (Å²) in [6.07, 6.45) is 3.15. The van der Waals surface area contributed by atoms with E-state index in [2.05, 4.69) is 33.6 Å². The number of rotatable bonds is 6.